The minimum Gasteiger partial charge on any atom is -0.484 e. The molecule has 0 saturated carbocycles. The SMILES string of the molecule is CCOC(=O)c1c(-c2ccc(F)cc2)csc1NC(=O)COc1ccccc1. The van der Waals surface area contributed by atoms with Crippen molar-refractivity contribution in [3.8, 4) is 16.9 Å². The van der Waals surface area contributed by atoms with Crippen molar-refractivity contribution < 1.29 is 23.5 Å². The number of hydrogen-bond acceptors (Lipinski definition) is 5. The average Bonchev–Trinajstić information content (AvgIpc) is 3.11. The van der Waals surface area contributed by atoms with Crippen LogP contribution in [-0.2, 0) is 9.53 Å². The van der Waals surface area contributed by atoms with Crippen LogP contribution >= 0.6 is 11.3 Å². The number of ether oxygens (including phenoxy) is 2. The third-order valence-electron chi connectivity index (χ3n) is 3.79. The zero-order valence-corrected chi connectivity index (χ0v) is 15.9. The fourth-order valence-electron chi connectivity index (χ4n) is 2.53. The van der Waals surface area contributed by atoms with E-state index in [4.69, 9.17) is 9.47 Å². The molecular weight excluding hydrogens is 381 g/mol. The summed E-state index contributed by atoms with van der Waals surface area (Å²) < 4.78 is 23.8. The van der Waals surface area contributed by atoms with Crippen molar-refractivity contribution in [3.05, 3.63) is 71.4 Å². The molecule has 5 nitrogen and oxygen atoms in total. The molecule has 0 aliphatic heterocycles. The van der Waals surface area contributed by atoms with Gasteiger partial charge in [-0.25, -0.2) is 9.18 Å². The molecule has 0 fully saturated rings. The van der Waals surface area contributed by atoms with Crippen molar-refractivity contribution in [3.63, 3.8) is 0 Å². The van der Waals surface area contributed by atoms with Gasteiger partial charge < -0.3 is 14.8 Å². The van der Waals surface area contributed by atoms with Crippen LogP contribution in [0.25, 0.3) is 11.1 Å². The molecular formula is C21H18FNO4S. The van der Waals surface area contributed by atoms with Gasteiger partial charge in [0.05, 0.1) is 6.61 Å². The molecule has 3 rings (SSSR count). The van der Waals surface area contributed by atoms with Crippen LogP contribution in [0.3, 0.4) is 0 Å². The molecule has 1 aromatic heterocycles. The van der Waals surface area contributed by atoms with E-state index in [1.165, 1.54) is 23.5 Å². The first-order chi connectivity index (χ1) is 13.6. The number of carbonyl (C=O) groups is 2. The van der Waals surface area contributed by atoms with E-state index in [1.807, 2.05) is 6.07 Å². The number of hydrogen-bond donors (Lipinski definition) is 1. The molecule has 1 N–H and O–H groups in total. The van der Waals surface area contributed by atoms with E-state index in [0.717, 1.165) is 0 Å². The summed E-state index contributed by atoms with van der Waals surface area (Å²) in [4.78, 5) is 24.8. The predicted molar refractivity (Wildman–Crippen MR) is 106 cm³/mol. The molecule has 0 atom stereocenters. The molecule has 144 valence electrons. The van der Waals surface area contributed by atoms with E-state index in [1.54, 1.807) is 48.7 Å². The van der Waals surface area contributed by atoms with Crippen molar-refractivity contribution in [1.29, 1.82) is 0 Å². The Kier molecular flexibility index (Phi) is 6.39. The minimum absolute atomic E-state index is 0.196. The van der Waals surface area contributed by atoms with Gasteiger partial charge in [0.2, 0.25) is 0 Å². The normalized spacial score (nSPS) is 10.4. The maximum atomic E-state index is 13.2. The highest BCUT2D eigenvalue weighted by Crippen LogP contribution is 2.36. The molecule has 1 heterocycles. The van der Waals surface area contributed by atoms with Crippen LogP contribution in [0.2, 0.25) is 0 Å². The van der Waals surface area contributed by atoms with Gasteiger partial charge in [-0.1, -0.05) is 30.3 Å². The Balaban J connectivity index is 1.80. The molecule has 0 unspecified atom stereocenters. The summed E-state index contributed by atoms with van der Waals surface area (Å²) >= 11 is 1.20. The topological polar surface area (TPSA) is 64.6 Å². The first-order valence-electron chi connectivity index (χ1n) is 8.60. The third-order valence-corrected chi connectivity index (χ3v) is 4.69. The Morgan fingerprint density at radius 1 is 1.07 bits per heavy atom. The number of carbonyl (C=O) groups excluding carboxylic acids is 2. The quantitative estimate of drug-likeness (QED) is 0.583. The van der Waals surface area contributed by atoms with Gasteiger partial charge in [0.25, 0.3) is 5.91 Å². The van der Waals surface area contributed by atoms with Gasteiger partial charge in [0, 0.05) is 10.9 Å². The Morgan fingerprint density at radius 2 is 1.79 bits per heavy atom. The number of para-hydroxylation sites is 1. The number of halogens is 1. The third kappa shape index (κ3) is 4.75. The number of esters is 1. The van der Waals surface area contributed by atoms with Crippen LogP contribution in [0, 0.1) is 5.82 Å². The summed E-state index contributed by atoms with van der Waals surface area (Å²) in [6, 6.07) is 14.7. The van der Waals surface area contributed by atoms with Gasteiger partial charge in [-0.3, -0.25) is 4.79 Å². The number of benzene rings is 2. The molecule has 7 heteroatoms. The van der Waals surface area contributed by atoms with Gasteiger partial charge in [-0.2, -0.15) is 0 Å². The van der Waals surface area contributed by atoms with Crippen LogP contribution in [-0.4, -0.2) is 25.1 Å². The highest BCUT2D eigenvalue weighted by molar-refractivity contribution is 7.15. The molecule has 3 aromatic rings. The van der Waals surface area contributed by atoms with Gasteiger partial charge in [0.15, 0.2) is 6.61 Å². The zero-order chi connectivity index (χ0) is 19.9. The van der Waals surface area contributed by atoms with E-state index in [2.05, 4.69) is 5.32 Å². The largest absolute Gasteiger partial charge is 0.484 e. The van der Waals surface area contributed by atoms with Crippen molar-refractivity contribution in [2.45, 2.75) is 6.92 Å². The number of nitrogens with one attached hydrogen (secondary N) is 1. The summed E-state index contributed by atoms with van der Waals surface area (Å²) in [7, 11) is 0. The van der Waals surface area contributed by atoms with E-state index in [9.17, 15) is 14.0 Å². The van der Waals surface area contributed by atoms with Crippen LogP contribution in [0.4, 0.5) is 9.39 Å². The van der Waals surface area contributed by atoms with Crippen molar-refractivity contribution in [2.24, 2.45) is 0 Å². The fourth-order valence-corrected chi connectivity index (χ4v) is 3.50. The zero-order valence-electron chi connectivity index (χ0n) is 15.1. The molecule has 1 amide bonds. The number of anilines is 1. The Hall–Kier alpha value is -3.19. The minimum atomic E-state index is -0.553. The van der Waals surface area contributed by atoms with Gasteiger partial charge in [0.1, 0.15) is 22.1 Å². The lowest BCUT2D eigenvalue weighted by Crippen LogP contribution is -2.21. The standard InChI is InChI=1S/C21H18FNO4S/c1-2-26-21(25)19-17(14-8-10-15(22)11-9-14)13-28-20(19)23-18(24)12-27-16-6-4-3-5-7-16/h3-11,13H,2,12H2,1H3,(H,23,24). The first kappa shape index (κ1) is 19.6. The van der Waals surface area contributed by atoms with Crippen LogP contribution < -0.4 is 10.1 Å². The summed E-state index contributed by atoms with van der Waals surface area (Å²) in [6.45, 7) is 1.70. The van der Waals surface area contributed by atoms with Crippen molar-refractivity contribution in [2.75, 3.05) is 18.5 Å². The van der Waals surface area contributed by atoms with Gasteiger partial charge in [-0.05, 0) is 36.8 Å². The summed E-state index contributed by atoms with van der Waals surface area (Å²) in [6.07, 6.45) is 0. The lowest BCUT2D eigenvalue weighted by atomic mass is 10.0. The second-order valence-electron chi connectivity index (χ2n) is 5.73. The Morgan fingerprint density at radius 3 is 2.46 bits per heavy atom. The van der Waals surface area contributed by atoms with Crippen LogP contribution in [0.15, 0.2) is 60.0 Å². The maximum Gasteiger partial charge on any atom is 0.341 e. The summed E-state index contributed by atoms with van der Waals surface area (Å²) in [5.41, 5.74) is 1.47. The van der Waals surface area contributed by atoms with E-state index < -0.39 is 11.9 Å². The number of amides is 1. The second-order valence-corrected chi connectivity index (χ2v) is 6.61. The molecule has 0 saturated heterocycles. The lowest BCUT2D eigenvalue weighted by molar-refractivity contribution is -0.118. The van der Waals surface area contributed by atoms with Crippen LogP contribution in [0.1, 0.15) is 17.3 Å². The van der Waals surface area contributed by atoms with Crippen molar-refractivity contribution >= 4 is 28.2 Å². The molecule has 2 aromatic carbocycles. The smallest absolute Gasteiger partial charge is 0.341 e. The molecule has 0 bridgehead atoms. The summed E-state index contributed by atoms with van der Waals surface area (Å²) in [5.74, 6) is -0.756. The molecule has 0 aliphatic rings. The maximum absolute atomic E-state index is 13.2. The lowest BCUT2D eigenvalue weighted by Gasteiger charge is -2.09. The Bertz CT molecular complexity index is 954. The summed E-state index contributed by atoms with van der Waals surface area (Å²) in [5, 5.41) is 4.79. The number of rotatable bonds is 7. The van der Waals surface area contributed by atoms with Gasteiger partial charge >= 0.3 is 5.97 Å². The first-order valence-corrected chi connectivity index (χ1v) is 9.48. The van der Waals surface area contributed by atoms with Crippen LogP contribution in [0.5, 0.6) is 5.75 Å². The molecule has 28 heavy (non-hydrogen) atoms. The molecule has 0 spiro atoms. The number of thiophene rings is 1. The molecule has 0 radical (unpaired) electrons. The Labute approximate surface area is 165 Å². The van der Waals surface area contributed by atoms with Gasteiger partial charge in [-0.15, -0.1) is 11.3 Å². The molecule has 0 aliphatic carbocycles. The predicted octanol–water partition coefficient (Wildman–Crippen LogP) is 4.75. The second kappa shape index (κ2) is 9.14. The fraction of sp³-hybridized carbons (Fsp3) is 0.143. The van der Waals surface area contributed by atoms with E-state index >= 15 is 0 Å². The average molecular weight is 399 g/mol. The highest BCUT2D eigenvalue weighted by atomic mass is 32.1. The monoisotopic (exact) mass is 399 g/mol. The van der Waals surface area contributed by atoms with E-state index in [0.29, 0.717) is 21.9 Å². The van der Waals surface area contributed by atoms with Crippen molar-refractivity contribution in [1.82, 2.24) is 0 Å². The van der Waals surface area contributed by atoms with E-state index in [-0.39, 0.29) is 24.6 Å². The highest BCUT2D eigenvalue weighted by Gasteiger charge is 2.23.